The number of nitrogens with zero attached hydrogens (tertiary/aromatic N) is 1. The average molecular weight is 642 g/mol. The van der Waals surface area contributed by atoms with Crippen LogP contribution in [0.5, 0.6) is 5.75 Å². The van der Waals surface area contributed by atoms with E-state index in [1.165, 1.54) is 0 Å². The molecule has 3 N–H and O–H groups in total. The zero-order chi connectivity index (χ0) is 31.9. The number of ether oxygens (including phenoxy) is 2. The maximum Gasteiger partial charge on any atom is 0.286 e. The van der Waals surface area contributed by atoms with Crippen LogP contribution in [0.15, 0.2) is 66.1 Å². The molecule has 238 valence electrons. The summed E-state index contributed by atoms with van der Waals surface area (Å²) in [6.07, 6.45) is 9.54. The first-order valence-electron chi connectivity index (χ1n) is 15.1. The fraction of sp³-hybridized carbons (Fsp3) is 0.471. The number of aryl methyl sites for hydroxylation is 1. The van der Waals surface area contributed by atoms with Gasteiger partial charge in [-0.2, -0.15) is 0 Å². The standard InChI is InChI=1S/C34H44ClN3O5S/c1-5-8-23(3)20-44(36,41)38-33(40)25-11-15-32(30(18-25)37-19-26-10-13-28(26)31(6-2)42-4)43-22-34(21-39)16-7-9-24-17-27(35)12-14-29(24)34/h5-6,11-12,14-15,17-18,21,23,26,28,31,37H,1-2,7-10,13,16,19-20,22H2,3-4H3,(H2,36,38,40,41)/t23-,26-,28+,31-,34-,44?/m0/s1. The summed E-state index contributed by atoms with van der Waals surface area (Å²) in [6.45, 7) is 10.3. The summed E-state index contributed by atoms with van der Waals surface area (Å²) in [5.74, 6) is 0.568. The van der Waals surface area contributed by atoms with E-state index in [1.807, 2.05) is 25.1 Å². The third kappa shape index (κ3) is 7.99. The van der Waals surface area contributed by atoms with Crippen molar-refractivity contribution < 1.29 is 23.3 Å². The minimum atomic E-state index is -3.23. The van der Waals surface area contributed by atoms with E-state index in [4.69, 9.17) is 26.2 Å². The number of carbonyl (C=O) groups excluding carboxylic acids is 2. The second kappa shape index (κ2) is 14.9. The van der Waals surface area contributed by atoms with Gasteiger partial charge in [0.25, 0.3) is 5.91 Å². The van der Waals surface area contributed by atoms with Crippen LogP contribution >= 0.6 is 11.6 Å². The monoisotopic (exact) mass is 641 g/mol. The highest BCUT2D eigenvalue weighted by Crippen LogP contribution is 2.41. The Morgan fingerprint density at radius 1 is 1.27 bits per heavy atom. The van der Waals surface area contributed by atoms with Gasteiger partial charge in [-0.1, -0.05) is 36.7 Å². The summed E-state index contributed by atoms with van der Waals surface area (Å²) in [5, 5.41) is 10.1. The third-order valence-electron chi connectivity index (χ3n) is 8.90. The molecule has 0 radical (unpaired) electrons. The molecule has 2 aromatic carbocycles. The van der Waals surface area contributed by atoms with E-state index in [0.717, 1.165) is 43.1 Å². The number of nitrogens with two attached hydrogens (primary N) is 1. The number of hydrogen-bond donors (Lipinski definition) is 2. The Labute approximate surface area is 266 Å². The van der Waals surface area contributed by atoms with Crippen LogP contribution in [-0.4, -0.2) is 48.5 Å². The molecule has 10 heteroatoms. The molecule has 0 spiro atoms. The van der Waals surface area contributed by atoms with E-state index >= 15 is 0 Å². The molecule has 1 saturated carbocycles. The van der Waals surface area contributed by atoms with Crippen molar-refractivity contribution in [3.8, 4) is 5.75 Å². The lowest BCUT2D eigenvalue weighted by molar-refractivity contribution is -0.114. The Morgan fingerprint density at radius 3 is 2.73 bits per heavy atom. The molecule has 0 aromatic heterocycles. The Morgan fingerprint density at radius 2 is 2.07 bits per heavy atom. The Balaban J connectivity index is 1.61. The van der Waals surface area contributed by atoms with Gasteiger partial charge in [0.05, 0.1) is 17.2 Å². The quantitative estimate of drug-likeness (QED) is 0.169. The Bertz CT molecular complexity index is 1500. The first-order valence-corrected chi connectivity index (χ1v) is 17.3. The number of carbonyl (C=O) groups is 2. The number of allylic oxidation sites excluding steroid dienone is 1. The summed E-state index contributed by atoms with van der Waals surface area (Å²) >= 11 is 6.24. The fourth-order valence-electron chi connectivity index (χ4n) is 6.38. The molecule has 1 amide bonds. The largest absolute Gasteiger partial charge is 0.490 e. The molecule has 2 aromatic rings. The summed E-state index contributed by atoms with van der Waals surface area (Å²) in [6, 6.07) is 10.6. The van der Waals surface area contributed by atoms with Gasteiger partial charge in [0.15, 0.2) is 0 Å². The van der Waals surface area contributed by atoms with E-state index < -0.39 is 21.2 Å². The van der Waals surface area contributed by atoms with Crippen LogP contribution in [0.4, 0.5) is 5.69 Å². The molecule has 2 aliphatic rings. The average Bonchev–Trinajstić information content (AvgIpc) is 2.97. The maximum absolute atomic E-state index is 13.2. The van der Waals surface area contributed by atoms with Crippen molar-refractivity contribution in [2.75, 3.05) is 31.3 Å². The molecule has 0 bridgehead atoms. The molecular weight excluding hydrogens is 598 g/mol. The van der Waals surface area contributed by atoms with Crippen molar-refractivity contribution in [1.82, 2.24) is 0 Å². The highest BCUT2D eigenvalue weighted by molar-refractivity contribution is 7.91. The van der Waals surface area contributed by atoms with E-state index in [9.17, 15) is 13.8 Å². The number of fused-ring (bicyclic) bond motifs is 1. The van der Waals surface area contributed by atoms with E-state index in [0.29, 0.717) is 47.7 Å². The number of methoxy groups -OCH3 is 1. The molecule has 1 fully saturated rings. The van der Waals surface area contributed by atoms with Gasteiger partial charge in [0, 0.05) is 30.0 Å². The molecule has 0 aliphatic heterocycles. The normalized spacial score (nSPS) is 23.5. The number of aldehydes is 1. The zero-order valence-electron chi connectivity index (χ0n) is 25.6. The molecular formula is C34H44ClN3O5S. The lowest BCUT2D eigenvalue weighted by Crippen LogP contribution is -2.40. The highest BCUT2D eigenvalue weighted by Gasteiger charge is 2.38. The van der Waals surface area contributed by atoms with Gasteiger partial charge in [-0.3, -0.25) is 4.79 Å². The van der Waals surface area contributed by atoms with Crippen LogP contribution in [0.25, 0.3) is 0 Å². The van der Waals surface area contributed by atoms with Crippen LogP contribution in [0.3, 0.4) is 0 Å². The number of benzene rings is 2. The molecule has 4 rings (SSSR count). The van der Waals surface area contributed by atoms with Crippen molar-refractivity contribution in [2.24, 2.45) is 27.3 Å². The van der Waals surface area contributed by atoms with E-state index in [2.05, 4.69) is 22.8 Å². The van der Waals surface area contributed by atoms with Gasteiger partial charge >= 0.3 is 0 Å². The lowest BCUT2D eigenvalue weighted by atomic mass is 9.70. The third-order valence-corrected chi connectivity index (χ3v) is 10.7. The Hall–Kier alpha value is -2.98. The highest BCUT2D eigenvalue weighted by atomic mass is 35.5. The second-order valence-electron chi connectivity index (χ2n) is 12.1. The SMILES string of the molecule is C=CC[C@H](C)CS(N)(=O)=NC(=O)c1ccc(OC[C@@]2(C=O)CCCc3cc(Cl)ccc32)c(NC[C@@H]2CC[C@H]2[C@H](C=C)OC)c1. The van der Waals surface area contributed by atoms with Crippen LogP contribution in [-0.2, 0) is 31.3 Å². The molecule has 0 heterocycles. The lowest BCUT2D eigenvalue weighted by Gasteiger charge is -2.40. The number of amides is 1. The minimum absolute atomic E-state index is 0.0254. The number of halogens is 1. The van der Waals surface area contributed by atoms with Gasteiger partial charge in [-0.05, 0) is 97.7 Å². The smallest absolute Gasteiger partial charge is 0.286 e. The van der Waals surface area contributed by atoms with Gasteiger partial charge in [0.2, 0.25) is 0 Å². The van der Waals surface area contributed by atoms with Gasteiger partial charge in [0.1, 0.15) is 28.6 Å². The maximum atomic E-state index is 13.2. The number of anilines is 1. The van der Waals surface area contributed by atoms with E-state index in [-0.39, 0.29) is 29.9 Å². The van der Waals surface area contributed by atoms with Crippen molar-refractivity contribution in [3.63, 3.8) is 0 Å². The predicted molar refractivity (Wildman–Crippen MR) is 178 cm³/mol. The number of nitrogens with one attached hydrogen (secondary N) is 1. The molecule has 6 atom stereocenters. The molecule has 8 nitrogen and oxygen atoms in total. The topological polar surface area (TPSA) is 120 Å². The first-order chi connectivity index (χ1) is 21.0. The van der Waals surface area contributed by atoms with Crippen molar-refractivity contribution in [2.45, 2.75) is 57.0 Å². The number of rotatable bonds is 15. The van der Waals surface area contributed by atoms with Crippen LogP contribution < -0.4 is 15.2 Å². The fourth-order valence-corrected chi connectivity index (χ4v) is 7.99. The molecule has 1 unspecified atom stereocenters. The minimum Gasteiger partial charge on any atom is -0.490 e. The molecule has 44 heavy (non-hydrogen) atoms. The summed E-state index contributed by atoms with van der Waals surface area (Å²) in [4.78, 5) is 25.8. The molecule has 2 aliphatic carbocycles. The number of hydrogen-bond acceptors (Lipinski definition) is 6. The van der Waals surface area contributed by atoms with Crippen LogP contribution in [0.2, 0.25) is 5.02 Å². The van der Waals surface area contributed by atoms with Gasteiger partial charge in [-0.25, -0.2) is 9.35 Å². The van der Waals surface area contributed by atoms with Crippen molar-refractivity contribution >= 4 is 39.4 Å². The van der Waals surface area contributed by atoms with Gasteiger partial charge in [-0.15, -0.1) is 17.5 Å². The summed E-state index contributed by atoms with van der Waals surface area (Å²) < 4.78 is 28.8. The second-order valence-corrected chi connectivity index (χ2v) is 14.5. The van der Waals surface area contributed by atoms with E-state index in [1.54, 1.807) is 37.5 Å². The van der Waals surface area contributed by atoms with Crippen LogP contribution in [0, 0.1) is 17.8 Å². The van der Waals surface area contributed by atoms with Crippen molar-refractivity contribution in [1.29, 1.82) is 0 Å². The first kappa shape index (κ1) is 33.9. The Kier molecular flexibility index (Phi) is 11.5. The predicted octanol–water partition coefficient (Wildman–Crippen LogP) is 6.53. The van der Waals surface area contributed by atoms with Gasteiger partial charge < -0.3 is 19.6 Å². The zero-order valence-corrected chi connectivity index (χ0v) is 27.2. The van der Waals surface area contributed by atoms with Crippen LogP contribution in [0.1, 0.15) is 60.5 Å². The van der Waals surface area contributed by atoms with Crippen molar-refractivity contribution in [3.05, 3.63) is 83.4 Å². The molecule has 0 saturated heterocycles. The summed E-state index contributed by atoms with van der Waals surface area (Å²) in [5.41, 5.74) is 1.99. The summed E-state index contributed by atoms with van der Waals surface area (Å²) in [7, 11) is -1.54.